The number of phenols is 1. The number of para-hydroxylation sites is 2. The number of likely N-dealkylation sites (tertiary alicyclic amines) is 1. The van der Waals surface area contributed by atoms with Crippen LogP contribution in [0.25, 0.3) is 0 Å². The predicted molar refractivity (Wildman–Crippen MR) is 61.2 cm³/mol. The molecule has 5 nitrogen and oxygen atoms in total. The molecule has 0 radical (unpaired) electrons. The van der Waals surface area contributed by atoms with Crippen LogP contribution in [0.1, 0.15) is 6.42 Å². The fraction of sp³-hybridized carbons (Fsp3) is 0.417. The molecular weight excluding hydrogens is 222 g/mol. The predicted octanol–water partition coefficient (Wildman–Crippen LogP) is 0.930. The van der Waals surface area contributed by atoms with Crippen LogP contribution in [0.2, 0.25) is 0 Å². The molecule has 2 N–H and O–H groups in total. The van der Waals surface area contributed by atoms with E-state index in [1.54, 1.807) is 18.2 Å². The van der Waals surface area contributed by atoms with E-state index in [1.807, 2.05) is 11.9 Å². The van der Waals surface area contributed by atoms with Crippen molar-refractivity contribution in [1.29, 1.82) is 0 Å². The second-order valence-electron chi connectivity index (χ2n) is 4.36. The molecule has 92 valence electrons. The van der Waals surface area contributed by atoms with Gasteiger partial charge in [0.1, 0.15) is 0 Å². The fourth-order valence-electron chi connectivity index (χ4n) is 2.02. The summed E-state index contributed by atoms with van der Waals surface area (Å²) < 4.78 is 5.53. The Labute approximate surface area is 99.2 Å². The third-order valence-electron chi connectivity index (χ3n) is 2.98. The molecule has 0 saturated carbocycles. The van der Waals surface area contributed by atoms with Crippen molar-refractivity contribution in [2.75, 3.05) is 20.1 Å². The van der Waals surface area contributed by atoms with Gasteiger partial charge in [-0.3, -0.25) is 0 Å². The topological polar surface area (TPSA) is 70.0 Å². The number of hydrogen-bond acceptors (Lipinski definition) is 4. The maximum absolute atomic E-state index is 11.4. The minimum atomic E-state index is -1.26. The SMILES string of the molecule is CN1CCC(Oc2ccccc2O)(C(=O)O)C1. The van der Waals surface area contributed by atoms with Gasteiger partial charge in [-0.1, -0.05) is 12.1 Å². The smallest absolute Gasteiger partial charge is 0.349 e. The lowest BCUT2D eigenvalue weighted by Gasteiger charge is -2.25. The van der Waals surface area contributed by atoms with E-state index in [9.17, 15) is 15.0 Å². The highest BCUT2D eigenvalue weighted by Gasteiger charge is 2.46. The average molecular weight is 237 g/mol. The highest BCUT2D eigenvalue weighted by Crippen LogP contribution is 2.32. The maximum Gasteiger partial charge on any atom is 0.349 e. The van der Waals surface area contributed by atoms with Crippen molar-refractivity contribution in [2.45, 2.75) is 12.0 Å². The normalized spacial score (nSPS) is 24.8. The molecule has 1 aromatic rings. The van der Waals surface area contributed by atoms with Gasteiger partial charge < -0.3 is 19.8 Å². The highest BCUT2D eigenvalue weighted by atomic mass is 16.5. The number of ether oxygens (including phenoxy) is 1. The van der Waals surface area contributed by atoms with E-state index >= 15 is 0 Å². The molecular formula is C12H15NO4. The molecule has 1 aliphatic rings. The van der Waals surface area contributed by atoms with Gasteiger partial charge in [0, 0.05) is 19.5 Å². The van der Waals surface area contributed by atoms with Gasteiger partial charge in [-0.2, -0.15) is 0 Å². The lowest BCUT2D eigenvalue weighted by atomic mass is 10.0. The van der Waals surface area contributed by atoms with Crippen molar-refractivity contribution >= 4 is 5.97 Å². The Bertz CT molecular complexity index is 434. The van der Waals surface area contributed by atoms with Gasteiger partial charge in [-0.05, 0) is 19.2 Å². The van der Waals surface area contributed by atoms with Gasteiger partial charge in [0.15, 0.2) is 11.5 Å². The molecule has 0 aromatic heterocycles. The van der Waals surface area contributed by atoms with Crippen molar-refractivity contribution in [2.24, 2.45) is 0 Å². The molecule has 1 fully saturated rings. The summed E-state index contributed by atoms with van der Waals surface area (Å²) in [5.74, 6) is -0.821. The molecule has 5 heteroatoms. The van der Waals surface area contributed by atoms with Crippen LogP contribution in [0.3, 0.4) is 0 Å². The second-order valence-corrected chi connectivity index (χ2v) is 4.36. The van der Waals surface area contributed by atoms with Crippen LogP contribution in [0, 0.1) is 0 Å². The number of nitrogens with zero attached hydrogens (tertiary/aromatic N) is 1. The Morgan fingerprint density at radius 2 is 2.18 bits per heavy atom. The number of aliphatic carboxylic acids is 1. The number of likely N-dealkylation sites (N-methyl/N-ethyl adjacent to an activating group) is 1. The number of carboxylic acids is 1. The molecule has 1 aromatic carbocycles. The van der Waals surface area contributed by atoms with Crippen LogP contribution in [-0.2, 0) is 4.79 Å². The third kappa shape index (κ3) is 2.19. The molecule has 0 bridgehead atoms. The molecule has 1 atom stereocenters. The molecule has 17 heavy (non-hydrogen) atoms. The van der Waals surface area contributed by atoms with E-state index in [0.29, 0.717) is 19.5 Å². The van der Waals surface area contributed by atoms with Crippen molar-refractivity contribution in [3.8, 4) is 11.5 Å². The summed E-state index contributed by atoms with van der Waals surface area (Å²) in [6, 6.07) is 6.40. The fourth-order valence-corrected chi connectivity index (χ4v) is 2.02. The zero-order valence-electron chi connectivity index (χ0n) is 9.59. The van der Waals surface area contributed by atoms with E-state index in [-0.39, 0.29) is 11.5 Å². The Morgan fingerprint density at radius 3 is 2.71 bits per heavy atom. The largest absolute Gasteiger partial charge is 0.504 e. The van der Waals surface area contributed by atoms with Gasteiger partial charge in [-0.25, -0.2) is 4.79 Å². The minimum absolute atomic E-state index is 0.0392. The van der Waals surface area contributed by atoms with Crippen LogP contribution < -0.4 is 4.74 Å². The quantitative estimate of drug-likeness (QED) is 0.818. The van der Waals surface area contributed by atoms with Crippen LogP contribution in [0.5, 0.6) is 11.5 Å². The standard InChI is InChI=1S/C12H15NO4/c1-13-7-6-12(8-13,11(15)16)17-10-5-3-2-4-9(10)14/h2-5,14H,6-8H2,1H3,(H,15,16). The van der Waals surface area contributed by atoms with Gasteiger partial charge in [0.25, 0.3) is 0 Å². The first kappa shape index (κ1) is 11.7. The molecule has 1 saturated heterocycles. The Kier molecular flexibility index (Phi) is 2.93. The Hall–Kier alpha value is -1.75. The van der Waals surface area contributed by atoms with Crippen LogP contribution >= 0.6 is 0 Å². The summed E-state index contributed by atoms with van der Waals surface area (Å²) in [6.45, 7) is 0.983. The summed E-state index contributed by atoms with van der Waals surface area (Å²) in [7, 11) is 1.85. The molecule has 1 heterocycles. The highest BCUT2D eigenvalue weighted by molar-refractivity contribution is 5.79. The van der Waals surface area contributed by atoms with Crippen LogP contribution in [0.15, 0.2) is 24.3 Å². The number of rotatable bonds is 3. The van der Waals surface area contributed by atoms with Gasteiger partial charge >= 0.3 is 5.97 Å². The van der Waals surface area contributed by atoms with E-state index < -0.39 is 11.6 Å². The Balaban J connectivity index is 2.26. The van der Waals surface area contributed by atoms with Crippen molar-refractivity contribution in [3.05, 3.63) is 24.3 Å². The monoisotopic (exact) mass is 237 g/mol. The summed E-state index contributed by atoms with van der Waals surface area (Å²) in [6.07, 6.45) is 0.410. The zero-order chi connectivity index (χ0) is 12.5. The van der Waals surface area contributed by atoms with Gasteiger partial charge in [0.05, 0.1) is 0 Å². The first-order chi connectivity index (χ1) is 8.03. The van der Waals surface area contributed by atoms with E-state index in [4.69, 9.17) is 4.74 Å². The molecule has 0 spiro atoms. The molecule has 0 amide bonds. The van der Waals surface area contributed by atoms with Gasteiger partial charge in [0.2, 0.25) is 5.60 Å². The lowest BCUT2D eigenvalue weighted by molar-refractivity contribution is -0.154. The van der Waals surface area contributed by atoms with Crippen molar-refractivity contribution in [3.63, 3.8) is 0 Å². The first-order valence-corrected chi connectivity index (χ1v) is 5.42. The molecule has 0 aliphatic carbocycles. The van der Waals surface area contributed by atoms with E-state index in [2.05, 4.69) is 0 Å². The summed E-state index contributed by atoms with van der Waals surface area (Å²) in [5, 5.41) is 18.9. The second kappa shape index (κ2) is 4.25. The van der Waals surface area contributed by atoms with Crippen molar-refractivity contribution in [1.82, 2.24) is 4.90 Å². The number of benzene rings is 1. The Morgan fingerprint density at radius 1 is 1.47 bits per heavy atom. The van der Waals surface area contributed by atoms with Crippen LogP contribution in [0.4, 0.5) is 0 Å². The number of aromatic hydroxyl groups is 1. The summed E-state index contributed by atoms with van der Waals surface area (Å²) >= 11 is 0. The minimum Gasteiger partial charge on any atom is -0.504 e. The third-order valence-corrected chi connectivity index (χ3v) is 2.98. The van der Waals surface area contributed by atoms with Crippen molar-refractivity contribution < 1.29 is 19.7 Å². The maximum atomic E-state index is 11.4. The number of carboxylic acid groups (broad SMARTS) is 1. The van der Waals surface area contributed by atoms with E-state index in [1.165, 1.54) is 6.07 Å². The number of hydrogen-bond donors (Lipinski definition) is 2. The first-order valence-electron chi connectivity index (χ1n) is 5.42. The number of carbonyl (C=O) groups is 1. The molecule has 1 unspecified atom stereocenters. The summed E-state index contributed by atoms with van der Waals surface area (Å²) in [4.78, 5) is 13.2. The molecule has 2 rings (SSSR count). The average Bonchev–Trinajstić information content (AvgIpc) is 2.65. The summed E-state index contributed by atoms with van der Waals surface area (Å²) in [5.41, 5.74) is -1.26. The van der Waals surface area contributed by atoms with Gasteiger partial charge in [-0.15, -0.1) is 0 Å². The number of phenolic OH excluding ortho intramolecular Hbond substituents is 1. The van der Waals surface area contributed by atoms with Crippen LogP contribution in [-0.4, -0.2) is 46.8 Å². The van der Waals surface area contributed by atoms with E-state index in [0.717, 1.165) is 0 Å². The molecule has 1 aliphatic heterocycles. The lowest BCUT2D eigenvalue weighted by Crippen LogP contribution is -2.46. The zero-order valence-corrected chi connectivity index (χ0v) is 9.59.